The number of hydrogen-bond donors (Lipinski definition) is 1. The maximum Gasteiger partial charge on any atom is 0.191 e. The van der Waals surface area contributed by atoms with Crippen LogP contribution in [0.5, 0.6) is 5.75 Å². The second kappa shape index (κ2) is 5.27. The third kappa shape index (κ3) is 2.45. The first-order valence-electron chi connectivity index (χ1n) is 6.10. The summed E-state index contributed by atoms with van der Waals surface area (Å²) in [6, 6.07) is 15.6. The molecule has 0 atom stereocenters. The molecular weight excluding hydrogens is 288 g/mol. The lowest BCUT2D eigenvalue weighted by molar-refractivity contribution is 0.475. The summed E-state index contributed by atoms with van der Waals surface area (Å²) in [6.45, 7) is 0. The Morgan fingerprint density at radius 2 is 1.90 bits per heavy atom. The lowest BCUT2D eigenvalue weighted by Gasteiger charge is -2.07. The summed E-state index contributed by atoms with van der Waals surface area (Å²) in [6.07, 6.45) is 0. The van der Waals surface area contributed by atoms with Crippen LogP contribution in [0.4, 0.5) is 0 Å². The first kappa shape index (κ1) is 13.2. The zero-order valence-electron chi connectivity index (χ0n) is 10.7. The summed E-state index contributed by atoms with van der Waals surface area (Å²) in [7, 11) is 0. The number of hydrogen-bond acceptors (Lipinski definition) is 4. The van der Waals surface area contributed by atoms with Crippen molar-refractivity contribution in [3.63, 3.8) is 0 Å². The van der Waals surface area contributed by atoms with Gasteiger partial charge in [-0.3, -0.25) is 0 Å². The fourth-order valence-electron chi connectivity index (χ4n) is 2.03. The van der Waals surface area contributed by atoms with Crippen LogP contribution in [-0.2, 0) is 0 Å². The summed E-state index contributed by atoms with van der Waals surface area (Å²) in [4.78, 5) is 0. The van der Waals surface area contributed by atoms with Gasteiger partial charge in [0.25, 0.3) is 0 Å². The van der Waals surface area contributed by atoms with Crippen LogP contribution in [0.3, 0.4) is 0 Å². The molecule has 0 bridgehead atoms. The Bertz CT molecular complexity index is 834. The quantitative estimate of drug-likeness (QED) is 0.788. The van der Waals surface area contributed by atoms with Crippen molar-refractivity contribution in [3.05, 3.63) is 59.2 Å². The molecule has 0 radical (unpaired) electrons. The fourth-order valence-corrected chi connectivity index (χ4v) is 2.22. The van der Waals surface area contributed by atoms with Gasteiger partial charge in [0, 0.05) is 10.6 Å². The van der Waals surface area contributed by atoms with Crippen LogP contribution in [0, 0.1) is 11.3 Å². The highest BCUT2D eigenvalue weighted by Gasteiger charge is 2.16. The number of nitrogens with zero attached hydrogens (tertiary/aromatic N) is 4. The van der Waals surface area contributed by atoms with Crippen LogP contribution in [0.15, 0.2) is 48.5 Å². The van der Waals surface area contributed by atoms with E-state index in [1.807, 2.05) is 12.1 Å². The van der Waals surface area contributed by atoms with Gasteiger partial charge in [0.05, 0.1) is 5.69 Å². The fraction of sp³-hybridized carbons (Fsp3) is 0. The molecule has 1 N–H and O–H groups in total. The summed E-state index contributed by atoms with van der Waals surface area (Å²) >= 11 is 6.01. The molecule has 0 aliphatic heterocycles. The van der Waals surface area contributed by atoms with Gasteiger partial charge in [-0.05, 0) is 36.4 Å². The topological polar surface area (TPSA) is 74.7 Å². The minimum absolute atomic E-state index is 0.156. The second-order valence-electron chi connectivity index (χ2n) is 4.34. The predicted octanol–water partition coefficient (Wildman–Crippen LogP) is 3.16. The number of phenols is 1. The van der Waals surface area contributed by atoms with E-state index < -0.39 is 0 Å². The maximum absolute atomic E-state index is 9.36. The molecule has 1 heterocycles. The molecule has 6 heteroatoms. The predicted molar refractivity (Wildman–Crippen MR) is 78.2 cm³/mol. The van der Waals surface area contributed by atoms with Crippen molar-refractivity contribution in [1.29, 1.82) is 5.26 Å². The lowest BCUT2D eigenvalue weighted by Crippen LogP contribution is -1.99. The Morgan fingerprint density at radius 1 is 1.14 bits per heavy atom. The van der Waals surface area contributed by atoms with E-state index in [2.05, 4.69) is 10.3 Å². The van der Waals surface area contributed by atoms with Gasteiger partial charge in [0.15, 0.2) is 5.69 Å². The van der Waals surface area contributed by atoms with E-state index >= 15 is 0 Å². The third-order valence-electron chi connectivity index (χ3n) is 2.97. The van der Waals surface area contributed by atoms with Crippen molar-refractivity contribution < 1.29 is 5.11 Å². The van der Waals surface area contributed by atoms with E-state index in [0.29, 0.717) is 16.4 Å². The van der Waals surface area contributed by atoms with E-state index in [4.69, 9.17) is 11.6 Å². The highest BCUT2D eigenvalue weighted by Crippen LogP contribution is 2.27. The Kier molecular flexibility index (Phi) is 3.30. The molecule has 21 heavy (non-hydrogen) atoms. The van der Waals surface area contributed by atoms with Gasteiger partial charge in [0.2, 0.25) is 0 Å². The van der Waals surface area contributed by atoms with Gasteiger partial charge in [-0.2, -0.15) is 5.26 Å². The van der Waals surface area contributed by atoms with Crippen LogP contribution in [0.1, 0.15) is 5.69 Å². The largest absolute Gasteiger partial charge is 0.508 e. The molecular formula is C15H9ClN4O. The summed E-state index contributed by atoms with van der Waals surface area (Å²) < 4.78 is 1.55. The van der Waals surface area contributed by atoms with Crippen molar-refractivity contribution in [2.45, 2.75) is 0 Å². The van der Waals surface area contributed by atoms with E-state index in [0.717, 1.165) is 5.56 Å². The smallest absolute Gasteiger partial charge is 0.191 e. The minimum Gasteiger partial charge on any atom is -0.508 e. The molecule has 5 nitrogen and oxygen atoms in total. The van der Waals surface area contributed by atoms with Crippen LogP contribution in [0.2, 0.25) is 5.02 Å². The van der Waals surface area contributed by atoms with E-state index in [1.165, 1.54) is 0 Å². The monoisotopic (exact) mass is 296 g/mol. The van der Waals surface area contributed by atoms with E-state index in [-0.39, 0.29) is 11.4 Å². The number of rotatable bonds is 2. The summed E-state index contributed by atoms with van der Waals surface area (Å²) in [5.74, 6) is 0.156. The molecule has 0 spiro atoms. The first-order valence-corrected chi connectivity index (χ1v) is 6.48. The summed E-state index contributed by atoms with van der Waals surface area (Å²) in [5.41, 5.74) is 2.21. The number of aromatic hydroxyl groups is 1. The molecule has 0 unspecified atom stereocenters. The standard InChI is InChI=1S/C15H9ClN4O/c16-11-3-1-2-10(8-11)15-14(9-17)18-19-20(15)12-4-6-13(21)7-5-12/h1-8,21H. The molecule has 0 saturated carbocycles. The second-order valence-corrected chi connectivity index (χ2v) is 4.77. The number of aromatic nitrogens is 3. The highest BCUT2D eigenvalue weighted by atomic mass is 35.5. The highest BCUT2D eigenvalue weighted by molar-refractivity contribution is 6.30. The van der Waals surface area contributed by atoms with Gasteiger partial charge in [0.1, 0.15) is 17.5 Å². The number of phenolic OH excluding ortho intramolecular Hbond substituents is 1. The van der Waals surface area contributed by atoms with Gasteiger partial charge < -0.3 is 5.11 Å². The van der Waals surface area contributed by atoms with Crippen molar-refractivity contribution >= 4 is 11.6 Å². The Morgan fingerprint density at radius 3 is 2.57 bits per heavy atom. The number of benzene rings is 2. The SMILES string of the molecule is N#Cc1nnn(-c2ccc(O)cc2)c1-c1cccc(Cl)c1. The van der Waals surface area contributed by atoms with Crippen molar-refractivity contribution in [1.82, 2.24) is 15.0 Å². The molecule has 0 saturated heterocycles. The van der Waals surface area contributed by atoms with Crippen LogP contribution < -0.4 is 0 Å². The van der Waals surface area contributed by atoms with Gasteiger partial charge in [-0.1, -0.05) is 28.9 Å². The Hall–Kier alpha value is -2.84. The maximum atomic E-state index is 9.36. The van der Waals surface area contributed by atoms with Crippen LogP contribution >= 0.6 is 11.6 Å². The van der Waals surface area contributed by atoms with Crippen molar-refractivity contribution in [2.24, 2.45) is 0 Å². The lowest BCUT2D eigenvalue weighted by atomic mass is 10.1. The molecule has 1 aromatic heterocycles. The molecule has 0 amide bonds. The molecule has 3 aromatic rings. The van der Waals surface area contributed by atoms with Crippen molar-refractivity contribution in [2.75, 3.05) is 0 Å². The third-order valence-corrected chi connectivity index (χ3v) is 3.20. The van der Waals surface area contributed by atoms with Crippen LogP contribution in [0.25, 0.3) is 16.9 Å². The molecule has 2 aromatic carbocycles. The van der Waals surface area contributed by atoms with Crippen molar-refractivity contribution in [3.8, 4) is 28.8 Å². The van der Waals surface area contributed by atoms with Gasteiger partial charge in [-0.25, -0.2) is 4.68 Å². The number of halogens is 1. The Balaban J connectivity index is 2.22. The first-order chi connectivity index (χ1) is 10.2. The number of nitriles is 1. The molecule has 102 valence electrons. The average Bonchev–Trinajstić information content (AvgIpc) is 2.92. The summed E-state index contributed by atoms with van der Waals surface area (Å²) in [5, 5.41) is 27.0. The van der Waals surface area contributed by atoms with Crippen LogP contribution in [-0.4, -0.2) is 20.1 Å². The molecule has 3 rings (SSSR count). The normalized spacial score (nSPS) is 10.3. The zero-order chi connectivity index (χ0) is 14.8. The van der Waals surface area contributed by atoms with Gasteiger partial charge >= 0.3 is 0 Å². The van der Waals surface area contributed by atoms with E-state index in [1.54, 1.807) is 47.1 Å². The minimum atomic E-state index is 0.156. The Labute approximate surface area is 125 Å². The molecule has 0 aliphatic rings. The van der Waals surface area contributed by atoms with Gasteiger partial charge in [-0.15, -0.1) is 5.10 Å². The average molecular weight is 297 g/mol. The molecule has 0 aliphatic carbocycles. The molecule has 0 fully saturated rings. The zero-order valence-corrected chi connectivity index (χ0v) is 11.5. The van der Waals surface area contributed by atoms with E-state index in [9.17, 15) is 10.4 Å².